The van der Waals surface area contributed by atoms with Crippen LogP contribution >= 0.6 is 15.9 Å². The van der Waals surface area contributed by atoms with E-state index in [0.29, 0.717) is 17.2 Å². The van der Waals surface area contributed by atoms with E-state index < -0.39 is 0 Å². The van der Waals surface area contributed by atoms with Gasteiger partial charge in [0.15, 0.2) is 6.29 Å². The van der Waals surface area contributed by atoms with Crippen molar-refractivity contribution in [3.63, 3.8) is 0 Å². The molecular weight excluding hydrogens is 280 g/mol. The third-order valence-corrected chi connectivity index (χ3v) is 4.35. The maximum atomic E-state index is 10.9. The maximum absolute atomic E-state index is 10.9. The molecule has 92 valence electrons. The van der Waals surface area contributed by atoms with E-state index in [-0.39, 0.29) is 0 Å². The zero-order valence-electron chi connectivity index (χ0n) is 10.0. The van der Waals surface area contributed by atoms with Gasteiger partial charge in [-0.15, -0.1) is 0 Å². The fourth-order valence-electron chi connectivity index (χ4n) is 2.62. The molecule has 0 radical (unpaired) electrons. The van der Waals surface area contributed by atoms with Crippen molar-refractivity contribution in [1.29, 1.82) is 0 Å². The Bertz CT molecular complexity index is 409. The molecule has 0 bridgehead atoms. The van der Waals surface area contributed by atoms with E-state index in [2.05, 4.69) is 22.0 Å². The molecule has 1 saturated carbocycles. The first kappa shape index (κ1) is 12.6. The second-order valence-corrected chi connectivity index (χ2v) is 5.34. The Labute approximate surface area is 110 Å². The Morgan fingerprint density at radius 3 is 2.59 bits per heavy atom. The highest BCUT2D eigenvalue weighted by molar-refractivity contribution is 9.10. The number of hydrogen-bond donors (Lipinski definition) is 0. The number of rotatable bonds is 3. The lowest BCUT2D eigenvalue weighted by molar-refractivity contribution is 0.112. The Hall–Kier alpha value is -0.830. The van der Waals surface area contributed by atoms with E-state index >= 15 is 0 Å². The van der Waals surface area contributed by atoms with Gasteiger partial charge in [0.2, 0.25) is 0 Å². The van der Waals surface area contributed by atoms with Crippen molar-refractivity contribution in [3.05, 3.63) is 27.7 Å². The highest BCUT2D eigenvalue weighted by atomic mass is 79.9. The van der Waals surface area contributed by atoms with Gasteiger partial charge in [-0.05, 0) is 46.3 Å². The number of aldehydes is 1. The zero-order chi connectivity index (χ0) is 12.3. The standard InChI is InChI=1S/C14H17BrO2/c1-17-14-11(9-16)7-8-12(13(14)15)10-5-3-2-4-6-10/h7-10H,2-6H2,1H3. The van der Waals surface area contributed by atoms with E-state index in [9.17, 15) is 4.79 Å². The van der Waals surface area contributed by atoms with Crippen LogP contribution in [0.2, 0.25) is 0 Å². The lowest BCUT2D eigenvalue weighted by atomic mass is 9.84. The van der Waals surface area contributed by atoms with E-state index in [1.807, 2.05) is 6.07 Å². The number of carbonyl (C=O) groups excluding carboxylic acids is 1. The molecule has 0 amide bonds. The Kier molecular flexibility index (Phi) is 4.21. The van der Waals surface area contributed by atoms with Crippen molar-refractivity contribution in [2.75, 3.05) is 7.11 Å². The molecule has 1 fully saturated rings. The molecular formula is C14H17BrO2. The highest BCUT2D eigenvalue weighted by Crippen LogP contribution is 2.41. The van der Waals surface area contributed by atoms with Crippen LogP contribution in [0.4, 0.5) is 0 Å². The number of ether oxygens (including phenoxy) is 1. The monoisotopic (exact) mass is 296 g/mol. The molecule has 0 N–H and O–H groups in total. The largest absolute Gasteiger partial charge is 0.495 e. The van der Waals surface area contributed by atoms with Gasteiger partial charge < -0.3 is 4.74 Å². The van der Waals surface area contributed by atoms with Crippen molar-refractivity contribution < 1.29 is 9.53 Å². The molecule has 3 heteroatoms. The average Bonchev–Trinajstić information content (AvgIpc) is 2.39. The normalized spacial score (nSPS) is 16.8. The number of hydrogen-bond acceptors (Lipinski definition) is 2. The molecule has 0 heterocycles. The number of halogens is 1. The summed E-state index contributed by atoms with van der Waals surface area (Å²) >= 11 is 3.58. The quantitative estimate of drug-likeness (QED) is 0.777. The fourth-order valence-corrected chi connectivity index (χ4v) is 3.46. The van der Waals surface area contributed by atoms with E-state index in [4.69, 9.17) is 4.74 Å². The Balaban J connectivity index is 2.37. The minimum absolute atomic E-state index is 0.604. The highest BCUT2D eigenvalue weighted by Gasteiger charge is 2.21. The number of methoxy groups -OCH3 is 1. The molecule has 17 heavy (non-hydrogen) atoms. The molecule has 1 aromatic rings. The van der Waals surface area contributed by atoms with Crippen LogP contribution in [-0.4, -0.2) is 13.4 Å². The van der Waals surface area contributed by atoms with Crippen molar-refractivity contribution >= 4 is 22.2 Å². The summed E-state index contributed by atoms with van der Waals surface area (Å²) in [6.45, 7) is 0. The maximum Gasteiger partial charge on any atom is 0.153 e. The third kappa shape index (κ3) is 2.54. The van der Waals surface area contributed by atoms with Gasteiger partial charge in [-0.2, -0.15) is 0 Å². The van der Waals surface area contributed by atoms with Crippen molar-refractivity contribution in [2.45, 2.75) is 38.0 Å². The molecule has 0 saturated heterocycles. The molecule has 0 aliphatic heterocycles. The summed E-state index contributed by atoms with van der Waals surface area (Å²) in [7, 11) is 1.61. The average molecular weight is 297 g/mol. The molecule has 1 aliphatic rings. The first-order valence-electron chi connectivity index (χ1n) is 6.09. The summed E-state index contributed by atoms with van der Waals surface area (Å²) < 4.78 is 6.28. The lowest BCUT2D eigenvalue weighted by Crippen LogP contribution is -2.06. The molecule has 0 aromatic heterocycles. The van der Waals surface area contributed by atoms with E-state index in [1.54, 1.807) is 7.11 Å². The lowest BCUT2D eigenvalue weighted by Gasteiger charge is -2.24. The van der Waals surface area contributed by atoms with Gasteiger partial charge in [-0.3, -0.25) is 4.79 Å². The Morgan fingerprint density at radius 1 is 1.29 bits per heavy atom. The van der Waals surface area contributed by atoms with Gasteiger partial charge in [-0.1, -0.05) is 25.3 Å². The van der Waals surface area contributed by atoms with Gasteiger partial charge in [0.1, 0.15) is 5.75 Å². The van der Waals surface area contributed by atoms with Crippen LogP contribution in [0.15, 0.2) is 16.6 Å². The minimum Gasteiger partial charge on any atom is -0.495 e. The summed E-state index contributed by atoms with van der Waals surface area (Å²) in [6.07, 6.45) is 7.26. The third-order valence-electron chi connectivity index (χ3n) is 3.53. The van der Waals surface area contributed by atoms with Crippen molar-refractivity contribution in [1.82, 2.24) is 0 Å². The topological polar surface area (TPSA) is 26.3 Å². The van der Waals surface area contributed by atoms with Gasteiger partial charge in [0.05, 0.1) is 17.1 Å². The predicted molar refractivity (Wildman–Crippen MR) is 71.9 cm³/mol. The second kappa shape index (κ2) is 5.67. The van der Waals surface area contributed by atoms with Gasteiger partial charge in [0, 0.05) is 0 Å². The van der Waals surface area contributed by atoms with Crippen LogP contribution in [-0.2, 0) is 0 Å². The van der Waals surface area contributed by atoms with Crippen LogP contribution in [0.25, 0.3) is 0 Å². The van der Waals surface area contributed by atoms with E-state index in [0.717, 1.165) is 10.8 Å². The molecule has 2 rings (SSSR count). The number of benzene rings is 1. The molecule has 2 nitrogen and oxygen atoms in total. The number of carbonyl (C=O) groups is 1. The molecule has 0 atom stereocenters. The fraction of sp³-hybridized carbons (Fsp3) is 0.500. The van der Waals surface area contributed by atoms with Crippen molar-refractivity contribution in [3.8, 4) is 5.75 Å². The SMILES string of the molecule is COc1c(C=O)ccc(C2CCCCC2)c1Br. The van der Waals surface area contributed by atoms with Crippen LogP contribution in [0.3, 0.4) is 0 Å². The molecule has 1 aromatic carbocycles. The van der Waals surface area contributed by atoms with Crippen molar-refractivity contribution in [2.24, 2.45) is 0 Å². The summed E-state index contributed by atoms with van der Waals surface area (Å²) in [5, 5.41) is 0. The smallest absolute Gasteiger partial charge is 0.153 e. The summed E-state index contributed by atoms with van der Waals surface area (Å²) in [6, 6.07) is 3.92. The minimum atomic E-state index is 0.604. The van der Waals surface area contributed by atoms with Gasteiger partial charge >= 0.3 is 0 Å². The second-order valence-electron chi connectivity index (χ2n) is 4.54. The first-order chi connectivity index (χ1) is 8.27. The summed E-state index contributed by atoms with van der Waals surface area (Å²) in [5.74, 6) is 1.27. The summed E-state index contributed by atoms with van der Waals surface area (Å²) in [5.41, 5.74) is 1.89. The molecule has 0 spiro atoms. The predicted octanol–water partition coefficient (Wildman–Crippen LogP) is 4.32. The molecule has 0 unspecified atom stereocenters. The van der Waals surface area contributed by atoms with E-state index in [1.165, 1.54) is 37.7 Å². The summed E-state index contributed by atoms with van der Waals surface area (Å²) in [4.78, 5) is 10.9. The zero-order valence-corrected chi connectivity index (χ0v) is 11.6. The first-order valence-corrected chi connectivity index (χ1v) is 6.88. The van der Waals surface area contributed by atoms with Crippen LogP contribution in [0, 0.1) is 0 Å². The molecule has 1 aliphatic carbocycles. The van der Waals surface area contributed by atoms with Crippen LogP contribution < -0.4 is 4.74 Å². The van der Waals surface area contributed by atoms with Gasteiger partial charge in [0.25, 0.3) is 0 Å². The Morgan fingerprint density at radius 2 is 2.00 bits per heavy atom. The van der Waals surface area contributed by atoms with Gasteiger partial charge in [-0.25, -0.2) is 0 Å². The van der Waals surface area contributed by atoms with Crippen LogP contribution in [0.1, 0.15) is 53.9 Å². The van der Waals surface area contributed by atoms with Crippen LogP contribution in [0.5, 0.6) is 5.75 Å².